The zero-order valence-electron chi connectivity index (χ0n) is 5.63. The molecule has 1 saturated heterocycles. The predicted molar refractivity (Wildman–Crippen MR) is 36.5 cm³/mol. The molecule has 0 bridgehead atoms. The van der Waals surface area contributed by atoms with Gasteiger partial charge in [-0.1, -0.05) is 5.16 Å². The highest BCUT2D eigenvalue weighted by Crippen LogP contribution is 2.01. The van der Waals surface area contributed by atoms with Gasteiger partial charge in [-0.05, 0) is 19.4 Å². The highest BCUT2D eigenvalue weighted by Gasteiger charge is 2.10. The van der Waals surface area contributed by atoms with Gasteiger partial charge in [0.05, 0.1) is 6.21 Å². The molecule has 3 nitrogen and oxygen atoms in total. The van der Waals surface area contributed by atoms with Crippen molar-refractivity contribution >= 4 is 6.21 Å². The van der Waals surface area contributed by atoms with Gasteiger partial charge in [0.1, 0.15) is 7.11 Å². The molecule has 0 aromatic rings. The van der Waals surface area contributed by atoms with Gasteiger partial charge in [-0.15, -0.1) is 0 Å². The summed E-state index contributed by atoms with van der Waals surface area (Å²) in [7, 11) is 1.56. The van der Waals surface area contributed by atoms with Crippen LogP contribution in [0.5, 0.6) is 0 Å². The predicted octanol–water partition coefficient (Wildman–Crippen LogP) is 0.371. The Bertz CT molecular complexity index is 97.2. The van der Waals surface area contributed by atoms with Gasteiger partial charge < -0.3 is 10.2 Å². The first-order valence-corrected chi connectivity index (χ1v) is 3.23. The second-order valence-corrected chi connectivity index (χ2v) is 2.14. The van der Waals surface area contributed by atoms with E-state index in [2.05, 4.69) is 15.3 Å². The van der Waals surface area contributed by atoms with E-state index in [1.54, 1.807) is 7.11 Å². The average molecular weight is 128 g/mol. The molecule has 3 heteroatoms. The molecule has 1 rings (SSSR count). The molecule has 1 aliphatic rings. The lowest BCUT2D eigenvalue weighted by molar-refractivity contribution is 0.214. The maximum atomic E-state index is 4.53. The number of nitrogens with zero attached hydrogens (tertiary/aromatic N) is 1. The number of hydrogen-bond acceptors (Lipinski definition) is 3. The van der Waals surface area contributed by atoms with E-state index in [1.165, 1.54) is 12.8 Å². The minimum Gasteiger partial charge on any atom is -0.399 e. The lowest BCUT2D eigenvalue weighted by atomic mass is 10.2. The van der Waals surface area contributed by atoms with E-state index >= 15 is 0 Å². The molecule has 52 valence electrons. The van der Waals surface area contributed by atoms with Crippen LogP contribution in [0.15, 0.2) is 5.16 Å². The van der Waals surface area contributed by atoms with Crippen molar-refractivity contribution < 1.29 is 4.84 Å². The van der Waals surface area contributed by atoms with Gasteiger partial charge in [-0.2, -0.15) is 0 Å². The number of nitrogens with one attached hydrogen (secondary N) is 1. The van der Waals surface area contributed by atoms with Gasteiger partial charge in [0, 0.05) is 6.04 Å². The van der Waals surface area contributed by atoms with Gasteiger partial charge in [-0.3, -0.25) is 0 Å². The Kier molecular flexibility index (Phi) is 2.51. The van der Waals surface area contributed by atoms with Crippen LogP contribution < -0.4 is 5.32 Å². The summed E-state index contributed by atoms with van der Waals surface area (Å²) in [5.41, 5.74) is 0. The summed E-state index contributed by atoms with van der Waals surface area (Å²) in [5, 5.41) is 6.93. The molecule has 1 fully saturated rings. The summed E-state index contributed by atoms with van der Waals surface area (Å²) in [6.07, 6.45) is 4.25. The molecule has 1 N–H and O–H groups in total. The Hall–Kier alpha value is -0.570. The van der Waals surface area contributed by atoms with Crippen molar-refractivity contribution in [1.29, 1.82) is 0 Å². The third-order valence-corrected chi connectivity index (χ3v) is 1.44. The maximum absolute atomic E-state index is 4.53. The molecule has 1 atom stereocenters. The van der Waals surface area contributed by atoms with Crippen LogP contribution in [0.3, 0.4) is 0 Å². The molecule has 1 aliphatic heterocycles. The molecular weight excluding hydrogens is 116 g/mol. The molecule has 0 aromatic carbocycles. The second-order valence-electron chi connectivity index (χ2n) is 2.14. The van der Waals surface area contributed by atoms with Crippen LogP contribution >= 0.6 is 0 Å². The van der Waals surface area contributed by atoms with Crippen LogP contribution in [0, 0.1) is 0 Å². The summed E-state index contributed by atoms with van der Waals surface area (Å²) >= 11 is 0. The highest BCUT2D eigenvalue weighted by molar-refractivity contribution is 5.63. The fraction of sp³-hybridized carbons (Fsp3) is 0.833. The average Bonchev–Trinajstić information content (AvgIpc) is 2.34. The molecule has 0 radical (unpaired) electrons. The van der Waals surface area contributed by atoms with Crippen LogP contribution in [0.2, 0.25) is 0 Å². The van der Waals surface area contributed by atoms with E-state index in [-0.39, 0.29) is 0 Å². The van der Waals surface area contributed by atoms with Gasteiger partial charge >= 0.3 is 0 Å². The lowest BCUT2D eigenvalue weighted by Gasteiger charge is -1.98. The summed E-state index contributed by atoms with van der Waals surface area (Å²) in [5.74, 6) is 0. The van der Waals surface area contributed by atoms with Crippen molar-refractivity contribution in [3.63, 3.8) is 0 Å². The normalized spacial score (nSPS) is 27.4. The molecule has 9 heavy (non-hydrogen) atoms. The lowest BCUT2D eigenvalue weighted by Crippen LogP contribution is -2.22. The van der Waals surface area contributed by atoms with Crippen LogP contribution in [0.1, 0.15) is 12.8 Å². The number of rotatable bonds is 2. The molecule has 0 aliphatic carbocycles. The summed E-state index contributed by atoms with van der Waals surface area (Å²) in [6.45, 7) is 1.11. The largest absolute Gasteiger partial charge is 0.399 e. The summed E-state index contributed by atoms with van der Waals surface area (Å²) < 4.78 is 0. The Morgan fingerprint density at radius 2 is 2.67 bits per heavy atom. The summed E-state index contributed by atoms with van der Waals surface area (Å²) in [6, 6.07) is 0.449. The molecule has 0 aromatic heterocycles. The van der Waals surface area contributed by atoms with E-state index in [4.69, 9.17) is 0 Å². The standard InChI is InChI=1S/C6H12N2O/c1-9-8-5-6-3-2-4-7-6/h5-7H,2-4H2,1H3/b8-5+. The first kappa shape index (κ1) is 6.55. The molecular formula is C6H12N2O. The Morgan fingerprint density at radius 3 is 3.22 bits per heavy atom. The van der Waals surface area contributed by atoms with Crippen LogP contribution in [-0.4, -0.2) is 25.9 Å². The van der Waals surface area contributed by atoms with Crippen molar-refractivity contribution in [3.8, 4) is 0 Å². The third kappa shape index (κ3) is 2.01. The quantitative estimate of drug-likeness (QED) is 0.430. The fourth-order valence-electron chi connectivity index (χ4n) is 0.973. The van der Waals surface area contributed by atoms with Crippen LogP contribution in [0.4, 0.5) is 0 Å². The van der Waals surface area contributed by atoms with E-state index in [1.807, 2.05) is 6.21 Å². The van der Waals surface area contributed by atoms with E-state index in [9.17, 15) is 0 Å². The Labute approximate surface area is 55.1 Å². The molecule has 0 amide bonds. The molecule has 0 spiro atoms. The molecule has 0 saturated carbocycles. The van der Waals surface area contributed by atoms with Crippen molar-refractivity contribution in [2.24, 2.45) is 5.16 Å². The number of oxime groups is 1. The maximum Gasteiger partial charge on any atom is 0.106 e. The number of hydrogen-bond donors (Lipinski definition) is 1. The van der Waals surface area contributed by atoms with Crippen molar-refractivity contribution in [1.82, 2.24) is 5.32 Å². The first-order chi connectivity index (χ1) is 4.43. The highest BCUT2D eigenvalue weighted by atomic mass is 16.6. The monoisotopic (exact) mass is 128 g/mol. The van der Waals surface area contributed by atoms with Crippen LogP contribution in [0.25, 0.3) is 0 Å². The van der Waals surface area contributed by atoms with Gasteiger partial charge in [-0.25, -0.2) is 0 Å². The van der Waals surface area contributed by atoms with Crippen molar-refractivity contribution in [2.75, 3.05) is 13.7 Å². The smallest absolute Gasteiger partial charge is 0.106 e. The first-order valence-electron chi connectivity index (χ1n) is 3.23. The molecule has 1 heterocycles. The summed E-state index contributed by atoms with van der Waals surface area (Å²) in [4.78, 5) is 4.53. The van der Waals surface area contributed by atoms with Gasteiger partial charge in [0.2, 0.25) is 0 Å². The zero-order chi connectivity index (χ0) is 6.53. The second kappa shape index (κ2) is 3.45. The minimum absolute atomic E-state index is 0.449. The van der Waals surface area contributed by atoms with Gasteiger partial charge in [0.15, 0.2) is 0 Å². The van der Waals surface area contributed by atoms with Gasteiger partial charge in [0.25, 0.3) is 0 Å². The topological polar surface area (TPSA) is 33.6 Å². The Morgan fingerprint density at radius 1 is 1.78 bits per heavy atom. The van der Waals surface area contributed by atoms with E-state index < -0.39 is 0 Å². The van der Waals surface area contributed by atoms with E-state index in [0.29, 0.717) is 6.04 Å². The third-order valence-electron chi connectivity index (χ3n) is 1.44. The Balaban J connectivity index is 2.18. The van der Waals surface area contributed by atoms with E-state index in [0.717, 1.165) is 6.54 Å². The van der Waals surface area contributed by atoms with Crippen molar-refractivity contribution in [2.45, 2.75) is 18.9 Å². The fourth-order valence-corrected chi connectivity index (χ4v) is 0.973. The minimum atomic E-state index is 0.449. The SMILES string of the molecule is CO/N=C/C1CCCN1. The molecule has 1 unspecified atom stereocenters. The van der Waals surface area contributed by atoms with Crippen LogP contribution in [-0.2, 0) is 4.84 Å². The van der Waals surface area contributed by atoms with Crippen molar-refractivity contribution in [3.05, 3.63) is 0 Å². The zero-order valence-corrected chi connectivity index (χ0v) is 5.63.